The van der Waals surface area contributed by atoms with E-state index in [9.17, 15) is 27.5 Å². The number of hydrogen-bond donors (Lipinski definition) is 2. The van der Waals surface area contributed by atoms with Gasteiger partial charge in [-0.25, -0.2) is 4.39 Å². The predicted octanol–water partition coefficient (Wildman–Crippen LogP) is 5.37. The number of halogens is 4. The van der Waals surface area contributed by atoms with Crippen molar-refractivity contribution in [2.24, 2.45) is 0 Å². The molecule has 0 spiro atoms. The zero-order valence-corrected chi connectivity index (χ0v) is 15.2. The van der Waals surface area contributed by atoms with Crippen LogP contribution in [0.3, 0.4) is 0 Å². The maximum absolute atomic E-state index is 13.9. The van der Waals surface area contributed by atoms with Gasteiger partial charge in [0.1, 0.15) is 28.9 Å². The fourth-order valence-electron chi connectivity index (χ4n) is 3.21. The minimum absolute atomic E-state index is 0.207. The van der Waals surface area contributed by atoms with Crippen molar-refractivity contribution in [2.75, 3.05) is 0 Å². The lowest BCUT2D eigenvalue weighted by molar-refractivity contribution is -0.164. The molecule has 4 nitrogen and oxygen atoms in total. The van der Waals surface area contributed by atoms with Crippen molar-refractivity contribution in [2.45, 2.75) is 44.2 Å². The number of carboxylic acids is 1. The highest BCUT2D eigenvalue weighted by Crippen LogP contribution is 2.37. The maximum atomic E-state index is 13.9. The number of nitrogens with one attached hydrogen (secondary N) is 1. The van der Waals surface area contributed by atoms with Gasteiger partial charge in [0.25, 0.3) is 0 Å². The highest BCUT2D eigenvalue weighted by molar-refractivity contribution is 6.04. The average molecular weight is 397 g/mol. The largest absolute Gasteiger partial charge is 0.480 e. The number of furan rings is 1. The van der Waals surface area contributed by atoms with E-state index in [1.54, 1.807) is 24.3 Å². The summed E-state index contributed by atoms with van der Waals surface area (Å²) in [6.45, 7) is 2.24. The molecule has 8 heteroatoms. The van der Waals surface area contributed by atoms with Gasteiger partial charge in [-0.2, -0.15) is 13.2 Å². The Kier molecular flexibility index (Phi) is 5.10. The molecule has 0 saturated carbocycles. The maximum Gasteiger partial charge on any atom is 0.407 e. The molecule has 0 fully saturated rings. The third-order valence-corrected chi connectivity index (χ3v) is 4.42. The van der Waals surface area contributed by atoms with E-state index in [1.807, 2.05) is 0 Å². The number of carbonyl (C=O) groups is 1. The number of aliphatic carboxylic acids is 1. The highest BCUT2D eigenvalue weighted by Gasteiger charge is 2.44. The molecule has 3 rings (SSSR count). The summed E-state index contributed by atoms with van der Waals surface area (Å²) in [5, 5.41) is 12.7. The first-order valence-electron chi connectivity index (χ1n) is 8.61. The molecule has 28 heavy (non-hydrogen) atoms. The third kappa shape index (κ3) is 4.27. The zero-order chi connectivity index (χ0) is 20.7. The third-order valence-electron chi connectivity index (χ3n) is 4.42. The van der Waals surface area contributed by atoms with Crippen molar-refractivity contribution in [3.05, 3.63) is 48.0 Å². The van der Waals surface area contributed by atoms with Crippen LogP contribution in [0.4, 0.5) is 17.6 Å². The molecule has 0 saturated heterocycles. The molecule has 2 aromatic carbocycles. The van der Waals surface area contributed by atoms with Crippen LogP contribution >= 0.6 is 0 Å². The summed E-state index contributed by atoms with van der Waals surface area (Å²) >= 11 is 0. The lowest BCUT2D eigenvalue weighted by Crippen LogP contribution is -2.47. The average Bonchev–Trinajstić information content (AvgIpc) is 2.93. The first kappa shape index (κ1) is 20.1. The van der Waals surface area contributed by atoms with Crippen molar-refractivity contribution in [1.82, 2.24) is 5.32 Å². The van der Waals surface area contributed by atoms with E-state index in [-0.39, 0.29) is 11.1 Å². The molecule has 0 aliphatic heterocycles. The van der Waals surface area contributed by atoms with Crippen LogP contribution in [0.1, 0.15) is 31.9 Å². The summed E-state index contributed by atoms with van der Waals surface area (Å²) in [7, 11) is 0. The molecular weight excluding hydrogens is 378 g/mol. The van der Waals surface area contributed by atoms with E-state index in [4.69, 9.17) is 4.42 Å². The summed E-state index contributed by atoms with van der Waals surface area (Å²) in [5.74, 6) is -1.55. The molecule has 1 aromatic heterocycles. The van der Waals surface area contributed by atoms with Gasteiger partial charge in [0.15, 0.2) is 0 Å². The van der Waals surface area contributed by atoms with Crippen LogP contribution in [-0.4, -0.2) is 29.0 Å². The van der Waals surface area contributed by atoms with Gasteiger partial charge in [0.05, 0.1) is 0 Å². The lowest BCUT2D eigenvalue weighted by atomic mass is 9.98. The van der Waals surface area contributed by atoms with Gasteiger partial charge in [0, 0.05) is 17.2 Å². The molecule has 2 unspecified atom stereocenters. The molecule has 0 aliphatic rings. The van der Waals surface area contributed by atoms with Crippen molar-refractivity contribution in [3.63, 3.8) is 0 Å². The molecule has 2 N–H and O–H groups in total. The van der Waals surface area contributed by atoms with Crippen molar-refractivity contribution < 1.29 is 31.9 Å². The number of para-hydroxylation sites is 1. The van der Waals surface area contributed by atoms with Gasteiger partial charge in [-0.3, -0.25) is 10.1 Å². The van der Waals surface area contributed by atoms with Gasteiger partial charge < -0.3 is 9.52 Å². The predicted molar refractivity (Wildman–Crippen MR) is 96.9 cm³/mol. The molecule has 0 radical (unpaired) electrons. The Morgan fingerprint density at radius 2 is 1.71 bits per heavy atom. The van der Waals surface area contributed by atoms with Crippen LogP contribution in [-0.2, 0) is 4.79 Å². The zero-order valence-electron chi connectivity index (χ0n) is 15.2. The van der Waals surface area contributed by atoms with Gasteiger partial charge in [-0.1, -0.05) is 30.3 Å². The van der Waals surface area contributed by atoms with Crippen LogP contribution in [0.2, 0.25) is 0 Å². The number of carboxylic acid groups (broad SMARTS) is 1. The molecule has 2 atom stereocenters. The molecule has 150 valence electrons. The molecule has 0 bridgehead atoms. The minimum atomic E-state index is -4.78. The number of fused-ring (bicyclic) bond motifs is 3. The van der Waals surface area contributed by atoms with Crippen molar-refractivity contribution >= 4 is 27.9 Å². The Labute approximate surface area is 158 Å². The Morgan fingerprint density at radius 1 is 1.07 bits per heavy atom. The van der Waals surface area contributed by atoms with Crippen LogP contribution in [0.15, 0.2) is 46.9 Å². The Hall–Kier alpha value is -2.61. The van der Waals surface area contributed by atoms with Crippen LogP contribution in [0.25, 0.3) is 21.9 Å². The SMILES string of the molecule is CC(C)(F)CC(NC(c1ccc2c(c1)oc1ccccc12)C(F)(F)F)C(=O)O. The monoisotopic (exact) mass is 397 g/mol. The van der Waals surface area contributed by atoms with E-state index in [0.717, 1.165) is 19.2 Å². The summed E-state index contributed by atoms with van der Waals surface area (Å²) in [5.41, 5.74) is -1.36. The Balaban J connectivity index is 2.01. The Bertz CT molecular complexity index is 1000. The number of rotatable bonds is 6. The van der Waals surface area contributed by atoms with E-state index in [2.05, 4.69) is 5.32 Å². The normalized spacial score (nSPS) is 15.1. The van der Waals surface area contributed by atoms with Gasteiger partial charge >= 0.3 is 12.1 Å². The van der Waals surface area contributed by atoms with E-state index < -0.39 is 36.3 Å². The topological polar surface area (TPSA) is 62.5 Å². The van der Waals surface area contributed by atoms with E-state index >= 15 is 0 Å². The van der Waals surface area contributed by atoms with Crippen LogP contribution in [0.5, 0.6) is 0 Å². The molecular formula is C20H19F4NO3. The number of hydrogen-bond acceptors (Lipinski definition) is 3. The second-order valence-corrected chi connectivity index (χ2v) is 7.31. The summed E-state index contributed by atoms with van der Waals surface area (Å²) in [4.78, 5) is 11.4. The molecule has 0 aliphatic carbocycles. The number of benzene rings is 2. The molecule has 3 aromatic rings. The molecule has 1 heterocycles. The van der Waals surface area contributed by atoms with Crippen LogP contribution < -0.4 is 5.32 Å². The van der Waals surface area contributed by atoms with E-state index in [0.29, 0.717) is 11.0 Å². The van der Waals surface area contributed by atoms with Gasteiger partial charge in [-0.05, 0) is 31.5 Å². The van der Waals surface area contributed by atoms with Gasteiger partial charge in [0.2, 0.25) is 0 Å². The standard InChI is InChI=1S/C20H19F4NO3/c1-19(2,21)10-14(18(26)27)25-17(20(22,23)24)11-7-8-13-12-5-3-4-6-15(12)28-16(13)9-11/h3-9,14,17,25H,10H2,1-2H3,(H,26,27). The summed E-state index contributed by atoms with van der Waals surface area (Å²) in [6.07, 6.45) is -5.39. The fraction of sp³-hybridized carbons (Fsp3) is 0.350. The summed E-state index contributed by atoms with van der Waals surface area (Å²) < 4.78 is 60.6. The quantitative estimate of drug-likeness (QED) is 0.549. The molecule has 0 amide bonds. The minimum Gasteiger partial charge on any atom is -0.480 e. The summed E-state index contributed by atoms with van der Waals surface area (Å²) in [6, 6.07) is 7.07. The smallest absolute Gasteiger partial charge is 0.407 e. The first-order chi connectivity index (χ1) is 13.0. The lowest BCUT2D eigenvalue weighted by Gasteiger charge is -2.28. The first-order valence-corrected chi connectivity index (χ1v) is 8.61. The Morgan fingerprint density at radius 3 is 2.32 bits per heavy atom. The highest BCUT2D eigenvalue weighted by atomic mass is 19.4. The van der Waals surface area contributed by atoms with Crippen LogP contribution in [0, 0.1) is 0 Å². The van der Waals surface area contributed by atoms with Gasteiger partial charge in [-0.15, -0.1) is 0 Å². The second kappa shape index (κ2) is 7.09. The number of alkyl halides is 4. The van der Waals surface area contributed by atoms with E-state index in [1.165, 1.54) is 18.2 Å². The fourth-order valence-corrected chi connectivity index (χ4v) is 3.21. The second-order valence-electron chi connectivity index (χ2n) is 7.31. The van der Waals surface area contributed by atoms with Crippen molar-refractivity contribution in [3.8, 4) is 0 Å². The van der Waals surface area contributed by atoms with Crippen molar-refractivity contribution in [1.29, 1.82) is 0 Å².